The van der Waals surface area contributed by atoms with E-state index in [-0.39, 0.29) is 11.5 Å². The van der Waals surface area contributed by atoms with Gasteiger partial charge in [-0.15, -0.1) is 0 Å². The van der Waals surface area contributed by atoms with Crippen molar-refractivity contribution in [2.24, 2.45) is 0 Å². The number of amides is 1. The van der Waals surface area contributed by atoms with Crippen LogP contribution in [0.2, 0.25) is 0 Å². The highest BCUT2D eigenvalue weighted by molar-refractivity contribution is 9.10. The number of halogens is 1. The van der Waals surface area contributed by atoms with E-state index in [2.05, 4.69) is 27.8 Å². The first-order valence-corrected chi connectivity index (χ1v) is 10.9. The molecule has 1 aromatic carbocycles. The van der Waals surface area contributed by atoms with Crippen LogP contribution in [0.4, 0.5) is 11.5 Å². The Bertz CT molecular complexity index is 999. The molecule has 30 heavy (non-hydrogen) atoms. The lowest BCUT2D eigenvalue weighted by Crippen LogP contribution is -2.41. The molecule has 0 fully saturated rings. The Morgan fingerprint density at radius 3 is 2.53 bits per heavy atom. The van der Waals surface area contributed by atoms with E-state index < -0.39 is 17.2 Å². The fourth-order valence-corrected chi connectivity index (χ4v) is 3.57. The number of nitrogens with two attached hydrogens (primary N) is 1. The molecule has 9 heteroatoms. The third-order valence-corrected chi connectivity index (χ3v) is 5.55. The number of rotatable bonds is 10. The first-order chi connectivity index (χ1) is 14.3. The standard InChI is InChI=1S/C21H29BrN4O4/c1-4-6-8-12-25(20(28)15-13-14(30-3)9-10-16(15)22)17-18(23)26(11-7-5-2)21(29)24-19(17)27/h9-10,13H,4-8,11-12,23H2,1-3H3,(H,24,27,29). The number of aromatic nitrogens is 2. The van der Waals surface area contributed by atoms with Crippen LogP contribution < -0.4 is 26.6 Å². The van der Waals surface area contributed by atoms with E-state index in [4.69, 9.17) is 10.5 Å². The molecule has 0 radical (unpaired) electrons. The Kier molecular flexibility index (Phi) is 8.71. The van der Waals surface area contributed by atoms with E-state index in [1.165, 1.54) is 16.6 Å². The number of nitrogen functional groups attached to an aromatic ring is 1. The van der Waals surface area contributed by atoms with Crippen LogP contribution in [0.25, 0.3) is 0 Å². The SMILES string of the molecule is CCCCCN(C(=O)c1cc(OC)ccc1Br)c1c(N)n(CCCC)c(=O)[nH]c1=O. The van der Waals surface area contributed by atoms with E-state index in [0.29, 0.717) is 35.3 Å². The van der Waals surface area contributed by atoms with Gasteiger partial charge in [-0.2, -0.15) is 0 Å². The summed E-state index contributed by atoms with van der Waals surface area (Å²) in [6, 6.07) is 5.05. The number of benzene rings is 1. The van der Waals surface area contributed by atoms with Crippen molar-refractivity contribution in [3.63, 3.8) is 0 Å². The first-order valence-electron chi connectivity index (χ1n) is 10.1. The number of hydrogen-bond donors (Lipinski definition) is 2. The molecule has 0 saturated carbocycles. The summed E-state index contributed by atoms with van der Waals surface area (Å²) >= 11 is 3.40. The molecule has 164 valence electrons. The third kappa shape index (κ3) is 5.33. The highest BCUT2D eigenvalue weighted by Crippen LogP contribution is 2.27. The molecule has 3 N–H and O–H groups in total. The molecule has 0 unspecified atom stereocenters. The van der Waals surface area contributed by atoms with Gasteiger partial charge in [-0.25, -0.2) is 4.79 Å². The van der Waals surface area contributed by atoms with Crippen molar-refractivity contribution >= 4 is 33.3 Å². The predicted molar refractivity (Wildman–Crippen MR) is 123 cm³/mol. The number of nitrogens with zero attached hydrogens (tertiary/aromatic N) is 2. The predicted octanol–water partition coefficient (Wildman–Crippen LogP) is 3.53. The Labute approximate surface area is 184 Å². The molecule has 8 nitrogen and oxygen atoms in total. The topological polar surface area (TPSA) is 110 Å². The van der Waals surface area contributed by atoms with Crippen molar-refractivity contribution in [1.82, 2.24) is 9.55 Å². The largest absolute Gasteiger partial charge is 0.497 e. The number of nitrogens with one attached hydrogen (secondary N) is 1. The van der Waals surface area contributed by atoms with Crippen molar-refractivity contribution < 1.29 is 9.53 Å². The van der Waals surface area contributed by atoms with Crippen LogP contribution in [-0.4, -0.2) is 29.1 Å². The van der Waals surface area contributed by atoms with Crippen molar-refractivity contribution in [1.29, 1.82) is 0 Å². The van der Waals surface area contributed by atoms with Gasteiger partial charge in [0, 0.05) is 17.6 Å². The zero-order valence-corrected chi connectivity index (χ0v) is 19.3. The van der Waals surface area contributed by atoms with Crippen molar-refractivity contribution in [2.75, 3.05) is 24.3 Å². The average Bonchev–Trinajstić information content (AvgIpc) is 2.72. The van der Waals surface area contributed by atoms with Crippen LogP contribution in [-0.2, 0) is 6.54 Å². The maximum atomic E-state index is 13.5. The van der Waals surface area contributed by atoms with Gasteiger partial charge in [0.05, 0.1) is 12.7 Å². The van der Waals surface area contributed by atoms with Gasteiger partial charge in [0.25, 0.3) is 11.5 Å². The second-order valence-corrected chi connectivity index (χ2v) is 7.86. The summed E-state index contributed by atoms with van der Waals surface area (Å²) in [6.07, 6.45) is 4.11. The van der Waals surface area contributed by atoms with Gasteiger partial charge in [-0.1, -0.05) is 33.1 Å². The normalized spacial score (nSPS) is 10.8. The van der Waals surface area contributed by atoms with Crippen LogP contribution in [0, 0.1) is 0 Å². The minimum Gasteiger partial charge on any atom is -0.497 e. The molecule has 0 bridgehead atoms. The third-order valence-electron chi connectivity index (χ3n) is 4.85. The molecule has 0 saturated heterocycles. The number of methoxy groups -OCH3 is 1. The van der Waals surface area contributed by atoms with Gasteiger partial charge in [0.2, 0.25) is 0 Å². The minimum atomic E-state index is -0.672. The molecule has 1 amide bonds. The Balaban J connectivity index is 2.61. The van der Waals surface area contributed by atoms with Gasteiger partial charge in [0.15, 0.2) is 5.69 Å². The summed E-state index contributed by atoms with van der Waals surface area (Å²) in [5.74, 6) is 0.126. The van der Waals surface area contributed by atoms with E-state index in [9.17, 15) is 14.4 Å². The molecule has 0 spiro atoms. The molecule has 0 aliphatic carbocycles. The number of carbonyl (C=O) groups is 1. The number of ether oxygens (including phenoxy) is 1. The molecule has 1 aromatic heterocycles. The van der Waals surface area contributed by atoms with Crippen LogP contribution in [0.15, 0.2) is 32.3 Å². The van der Waals surface area contributed by atoms with Crippen molar-refractivity contribution in [2.45, 2.75) is 52.5 Å². The number of unbranched alkanes of at least 4 members (excludes halogenated alkanes) is 3. The zero-order chi connectivity index (χ0) is 22.3. The smallest absolute Gasteiger partial charge is 0.330 e. The summed E-state index contributed by atoms with van der Waals surface area (Å²) in [5, 5.41) is 0. The molecule has 0 atom stereocenters. The number of hydrogen-bond acceptors (Lipinski definition) is 5. The number of carbonyl (C=O) groups excluding carboxylic acids is 1. The highest BCUT2D eigenvalue weighted by Gasteiger charge is 2.26. The van der Waals surface area contributed by atoms with E-state index >= 15 is 0 Å². The first kappa shape index (κ1) is 23.7. The zero-order valence-electron chi connectivity index (χ0n) is 17.7. The van der Waals surface area contributed by atoms with Crippen LogP contribution in [0.5, 0.6) is 5.75 Å². The molecule has 0 aliphatic rings. The summed E-state index contributed by atoms with van der Waals surface area (Å²) in [6.45, 7) is 4.71. The molecular weight excluding hydrogens is 452 g/mol. The molecule has 2 rings (SSSR count). The second-order valence-electron chi connectivity index (χ2n) is 7.01. The van der Waals surface area contributed by atoms with Crippen LogP contribution in [0.1, 0.15) is 56.3 Å². The maximum Gasteiger partial charge on any atom is 0.330 e. The number of H-pyrrole nitrogens is 1. The average molecular weight is 481 g/mol. The lowest BCUT2D eigenvalue weighted by molar-refractivity contribution is 0.0985. The number of anilines is 2. The van der Waals surface area contributed by atoms with Crippen molar-refractivity contribution in [3.8, 4) is 5.75 Å². The van der Waals surface area contributed by atoms with E-state index in [1.807, 2.05) is 6.92 Å². The number of aromatic amines is 1. The Morgan fingerprint density at radius 2 is 1.90 bits per heavy atom. The summed E-state index contributed by atoms with van der Waals surface area (Å²) in [7, 11) is 1.52. The van der Waals surface area contributed by atoms with Gasteiger partial charge in [-0.05, 0) is 47.0 Å². The lowest BCUT2D eigenvalue weighted by atomic mass is 10.1. The van der Waals surface area contributed by atoms with Gasteiger partial charge in [-0.3, -0.25) is 19.1 Å². The Morgan fingerprint density at radius 1 is 1.20 bits per heavy atom. The maximum absolute atomic E-state index is 13.5. The van der Waals surface area contributed by atoms with Crippen molar-refractivity contribution in [3.05, 3.63) is 49.1 Å². The quantitative estimate of drug-likeness (QED) is 0.505. The Hall–Kier alpha value is -2.55. The minimum absolute atomic E-state index is 0.000988. The van der Waals surface area contributed by atoms with E-state index in [0.717, 1.165) is 25.7 Å². The van der Waals surface area contributed by atoms with E-state index in [1.54, 1.807) is 18.2 Å². The lowest BCUT2D eigenvalue weighted by Gasteiger charge is -2.25. The highest BCUT2D eigenvalue weighted by atomic mass is 79.9. The molecule has 2 aromatic rings. The van der Waals surface area contributed by atoms with Gasteiger partial charge >= 0.3 is 5.69 Å². The van der Waals surface area contributed by atoms with Gasteiger partial charge in [0.1, 0.15) is 11.6 Å². The summed E-state index contributed by atoms with van der Waals surface area (Å²) in [5.41, 5.74) is 5.36. The molecule has 1 heterocycles. The molecule has 0 aliphatic heterocycles. The van der Waals surface area contributed by atoms with Crippen LogP contribution >= 0.6 is 15.9 Å². The fourth-order valence-electron chi connectivity index (χ4n) is 3.15. The van der Waals surface area contributed by atoms with Crippen LogP contribution in [0.3, 0.4) is 0 Å². The monoisotopic (exact) mass is 480 g/mol. The second kappa shape index (κ2) is 11.0. The summed E-state index contributed by atoms with van der Waals surface area (Å²) < 4.78 is 7.13. The molecular formula is C21H29BrN4O4. The van der Waals surface area contributed by atoms with Gasteiger partial charge < -0.3 is 15.4 Å². The fraction of sp³-hybridized carbons (Fsp3) is 0.476. The summed E-state index contributed by atoms with van der Waals surface area (Å²) in [4.78, 5) is 42.2.